The van der Waals surface area contributed by atoms with Crippen LogP contribution in [0.3, 0.4) is 0 Å². The minimum atomic E-state index is -0.0698. The highest BCUT2D eigenvalue weighted by molar-refractivity contribution is 7.80. The summed E-state index contributed by atoms with van der Waals surface area (Å²) in [4.78, 5) is 13.9. The Morgan fingerprint density at radius 2 is 2.11 bits per heavy atom. The summed E-state index contributed by atoms with van der Waals surface area (Å²) in [5.74, 6) is 1.17. The van der Waals surface area contributed by atoms with Gasteiger partial charge in [0.15, 0.2) is 0 Å². The number of carbonyl (C=O) groups excluding carboxylic acids is 1. The molecular formula is C14H18ClNO2S. The number of halogens is 1. The maximum absolute atomic E-state index is 12.1. The van der Waals surface area contributed by atoms with Crippen molar-refractivity contribution in [2.75, 3.05) is 18.9 Å². The minimum absolute atomic E-state index is 0.0581. The van der Waals surface area contributed by atoms with Gasteiger partial charge in [0.1, 0.15) is 0 Å². The van der Waals surface area contributed by atoms with Crippen LogP contribution in [0.2, 0.25) is 5.02 Å². The monoisotopic (exact) mass is 299 g/mol. The molecule has 0 radical (unpaired) electrons. The summed E-state index contributed by atoms with van der Waals surface area (Å²) in [6.07, 6.45) is 1.10. The molecular weight excluding hydrogens is 282 g/mol. The fourth-order valence-corrected chi connectivity index (χ4v) is 2.91. The van der Waals surface area contributed by atoms with Crippen LogP contribution in [0.15, 0.2) is 24.3 Å². The Balaban J connectivity index is 2.20. The van der Waals surface area contributed by atoms with Crippen molar-refractivity contribution in [2.45, 2.75) is 18.9 Å². The zero-order valence-corrected chi connectivity index (χ0v) is 12.3. The fraction of sp³-hybridized carbons (Fsp3) is 0.500. The number of hydrogen-bond acceptors (Lipinski definition) is 3. The van der Waals surface area contributed by atoms with Gasteiger partial charge in [0.2, 0.25) is 5.91 Å². The van der Waals surface area contributed by atoms with Crippen molar-refractivity contribution in [3.05, 3.63) is 34.9 Å². The second-order valence-electron chi connectivity index (χ2n) is 4.88. The Morgan fingerprint density at radius 1 is 1.42 bits per heavy atom. The van der Waals surface area contributed by atoms with Crippen molar-refractivity contribution in [1.82, 2.24) is 4.90 Å². The van der Waals surface area contributed by atoms with E-state index in [0.29, 0.717) is 29.5 Å². The van der Waals surface area contributed by atoms with E-state index in [2.05, 4.69) is 12.6 Å². The highest BCUT2D eigenvalue weighted by Gasteiger charge is 2.33. The molecule has 3 nitrogen and oxygen atoms in total. The highest BCUT2D eigenvalue weighted by Crippen LogP contribution is 2.31. The predicted octanol–water partition coefficient (Wildman–Crippen LogP) is 2.54. The Bertz CT molecular complexity index is 438. The number of amides is 1. The molecule has 0 spiro atoms. The van der Waals surface area contributed by atoms with Crippen LogP contribution < -0.4 is 0 Å². The molecule has 2 atom stereocenters. The van der Waals surface area contributed by atoms with Crippen LogP contribution in [0.1, 0.15) is 24.4 Å². The number of nitrogens with zero attached hydrogens (tertiary/aromatic N) is 1. The predicted molar refractivity (Wildman–Crippen MR) is 79.6 cm³/mol. The summed E-state index contributed by atoms with van der Waals surface area (Å²) in [7, 11) is 0. The number of thiol groups is 1. The number of rotatable bonds is 5. The molecule has 1 N–H and O–H groups in total. The van der Waals surface area contributed by atoms with Gasteiger partial charge in [-0.3, -0.25) is 4.79 Å². The van der Waals surface area contributed by atoms with Gasteiger partial charge in [-0.05, 0) is 35.8 Å². The number of carbonyl (C=O) groups is 1. The normalized spacial score (nSPS) is 20.9. The van der Waals surface area contributed by atoms with E-state index in [1.807, 2.05) is 29.2 Å². The van der Waals surface area contributed by atoms with Crippen LogP contribution in [0, 0.1) is 5.92 Å². The molecule has 1 heterocycles. The summed E-state index contributed by atoms with van der Waals surface area (Å²) < 4.78 is 0. The van der Waals surface area contributed by atoms with E-state index in [1.165, 1.54) is 0 Å². The lowest BCUT2D eigenvalue weighted by Gasteiger charge is -2.28. The van der Waals surface area contributed by atoms with Crippen molar-refractivity contribution in [1.29, 1.82) is 0 Å². The molecule has 1 saturated heterocycles. The van der Waals surface area contributed by atoms with E-state index in [0.717, 1.165) is 12.1 Å². The third kappa shape index (κ3) is 3.44. The topological polar surface area (TPSA) is 40.5 Å². The molecule has 5 heteroatoms. The van der Waals surface area contributed by atoms with Gasteiger partial charge in [0, 0.05) is 24.6 Å². The second kappa shape index (κ2) is 6.64. The lowest BCUT2D eigenvalue weighted by Crippen LogP contribution is -2.31. The first-order valence-corrected chi connectivity index (χ1v) is 7.43. The first-order valence-electron chi connectivity index (χ1n) is 6.42. The van der Waals surface area contributed by atoms with Crippen LogP contribution in [0.4, 0.5) is 0 Å². The van der Waals surface area contributed by atoms with Gasteiger partial charge in [-0.2, -0.15) is 12.6 Å². The molecule has 0 aromatic heterocycles. The summed E-state index contributed by atoms with van der Waals surface area (Å²) in [5.41, 5.74) is 1.02. The molecule has 19 heavy (non-hydrogen) atoms. The molecule has 1 amide bonds. The van der Waals surface area contributed by atoms with E-state index in [9.17, 15) is 9.90 Å². The van der Waals surface area contributed by atoms with Crippen LogP contribution in [-0.2, 0) is 4.79 Å². The molecule has 104 valence electrons. The minimum Gasteiger partial charge on any atom is -0.396 e. The van der Waals surface area contributed by atoms with Gasteiger partial charge in [-0.25, -0.2) is 0 Å². The van der Waals surface area contributed by atoms with Gasteiger partial charge < -0.3 is 10.0 Å². The smallest absolute Gasteiger partial charge is 0.223 e. The van der Waals surface area contributed by atoms with Crippen LogP contribution in [0.5, 0.6) is 0 Å². The molecule has 2 rings (SSSR count). The van der Waals surface area contributed by atoms with Crippen molar-refractivity contribution >= 4 is 30.1 Å². The first kappa shape index (κ1) is 14.7. The van der Waals surface area contributed by atoms with E-state index < -0.39 is 0 Å². The van der Waals surface area contributed by atoms with Crippen molar-refractivity contribution in [3.63, 3.8) is 0 Å². The van der Waals surface area contributed by atoms with E-state index >= 15 is 0 Å². The lowest BCUT2D eigenvalue weighted by atomic mass is 10.0. The number of aliphatic hydroxyl groups is 1. The van der Waals surface area contributed by atoms with Gasteiger partial charge in [-0.15, -0.1) is 0 Å². The number of likely N-dealkylation sites (tertiary alicyclic amines) is 1. The maximum Gasteiger partial charge on any atom is 0.223 e. The average molecular weight is 300 g/mol. The molecule has 1 aliphatic rings. The molecule has 2 unspecified atom stereocenters. The van der Waals surface area contributed by atoms with Crippen LogP contribution >= 0.6 is 24.2 Å². The zero-order chi connectivity index (χ0) is 13.8. The SMILES string of the molecule is O=C1CC(CS)CN1C(CCO)c1ccc(Cl)cc1. The Morgan fingerprint density at radius 3 is 2.63 bits per heavy atom. The van der Waals surface area contributed by atoms with Crippen LogP contribution in [0.25, 0.3) is 0 Å². The molecule has 0 bridgehead atoms. The fourth-order valence-electron chi connectivity index (χ4n) is 2.54. The van der Waals surface area contributed by atoms with Crippen LogP contribution in [-0.4, -0.2) is 34.8 Å². The molecule has 1 fully saturated rings. The standard InChI is InChI=1S/C14H18ClNO2S/c15-12-3-1-11(2-4-12)13(5-6-17)16-8-10(9-19)7-14(16)18/h1-4,10,13,17,19H,5-9H2. The van der Waals surface area contributed by atoms with Gasteiger partial charge >= 0.3 is 0 Å². The second-order valence-corrected chi connectivity index (χ2v) is 5.68. The van der Waals surface area contributed by atoms with Crippen molar-refractivity contribution in [3.8, 4) is 0 Å². The summed E-state index contributed by atoms with van der Waals surface area (Å²) in [6, 6.07) is 7.41. The van der Waals surface area contributed by atoms with E-state index in [4.69, 9.17) is 11.6 Å². The largest absolute Gasteiger partial charge is 0.396 e. The van der Waals surface area contributed by atoms with Gasteiger partial charge in [0.25, 0.3) is 0 Å². The molecule has 1 aromatic carbocycles. The highest BCUT2D eigenvalue weighted by atomic mass is 35.5. The average Bonchev–Trinajstić information content (AvgIpc) is 2.78. The number of hydrogen-bond donors (Lipinski definition) is 2. The number of aliphatic hydroxyl groups excluding tert-OH is 1. The molecule has 1 aliphatic heterocycles. The third-order valence-electron chi connectivity index (χ3n) is 3.53. The van der Waals surface area contributed by atoms with Gasteiger partial charge in [0.05, 0.1) is 6.04 Å². The number of benzene rings is 1. The van der Waals surface area contributed by atoms with Gasteiger partial charge in [-0.1, -0.05) is 23.7 Å². The Kier molecular flexibility index (Phi) is 5.13. The third-order valence-corrected chi connectivity index (χ3v) is 4.30. The summed E-state index contributed by atoms with van der Waals surface area (Å²) >= 11 is 10.2. The molecule has 0 aliphatic carbocycles. The van der Waals surface area contributed by atoms with E-state index in [-0.39, 0.29) is 18.6 Å². The van der Waals surface area contributed by atoms with E-state index in [1.54, 1.807) is 0 Å². The first-order chi connectivity index (χ1) is 9.15. The summed E-state index contributed by atoms with van der Waals surface area (Å²) in [5, 5.41) is 9.92. The van der Waals surface area contributed by atoms with Crippen molar-refractivity contribution < 1.29 is 9.90 Å². The maximum atomic E-state index is 12.1. The van der Waals surface area contributed by atoms with Crippen molar-refractivity contribution in [2.24, 2.45) is 5.92 Å². The molecule has 0 saturated carbocycles. The quantitative estimate of drug-likeness (QED) is 0.820. The summed E-state index contributed by atoms with van der Waals surface area (Å²) in [6.45, 7) is 0.776. The Hall–Kier alpha value is -0.710. The molecule has 1 aromatic rings. The zero-order valence-electron chi connectivity index (χ0n) is 10.6. The lowest BCUT2D eigenvalue weighted by molar-refractivity contribution is -0.130. The Labute approximate surface area is 124 Å².